The van der Waals surface area contributed by atoms with Gasteiger partial charge >= 0.3 is 5.97 Å². The molecule has 30 heavy (non-hydrogen) atoms. The van der Waals surface area contributed by atoms with Crippen molar-refractivity contribution in [3.63, 3.8) is 0 Å². The minimum Gasteiger partial charge on any atom is -0.466 e. The van der Waals surface area contributed by atoms with Crippen LogP contribution in [0.5, 0.6) is 0 Å². The van der Waals surface area contributed by atoms with Crippen LogP contribution in [-0.4, -0.2) is 53.6 Å². The number of benzene rings is 2. The second-order valence-corrected chi connectivity index (χ2v) is 7.86. The smallest absolute Gasteiger partial charge is 0.310 e. The van der Waals surface area contributed by atoms with Gasteiger partial charge in [-0.1, -0.05) is 35.9 Å². The van der Waals surface area contributed by atoms with Crippen LogP contribution in [0.2, 0.25) is 5.02 Å². The topological polar surface area (TPSA) is 58.6 Å². The van der Waals surface area contributed by atoms with E-state index in [2.05, 4.69) is 26.9 Å². The number of piperazine rings is 1. The van der Waals surface area contributed by atoms with Crippen molar-refractivity contribution in [2.24, 2.45) is 0 Å². The van der Waals surface area contributed by atoms with E-state index in [0.717, 1.165) is 55.1 Å². The number of anilines is 1. The molecule has 7 heteroatoms. The van der Waals surface area contributed by atoms with Crippen molar-refractivity contribution in [1.29, 1.82) is 0 Å². The molecule has 1 aromatic heterocycles. The van der Waals surface area contributed by atoms with Gasteiger partial charge in [-0.2, -0.15) is 0 Å². The van der Waals surface area contributed by atoms with E-state index in [4.69, 9.17) is 21.3 Å². The molecule has 1 aliphatic heterocycles. The fourth-order valence-electron chi connectivity index (χ4n) is 3.74. The van der Waals surface area contributed by atoms with E-state index in [1.165, 1.54) is 5.56 Å². The highest BCUT2D eigenvalue weighted by atomic mass is 35.5. The van der Waals surface area contributed by atoms with E-state index in [9.17, 15) is 4.79 Å². The molecule has 0 N–H and O–H groups in total. The summed E-state index contributed by atoms with van der Waals surface area (Å²) in [4.78, 5) is 25.7. The predicted molar refractivity (Wildman–Crippen MR) is 119 cm³/mol. The van der Waals surface area contributed by atoms with Gasteiger partial charge in [0.15, 0.2) is 0 Å². The number of fused-ring (bicyclic) bond motifs is 1. The summed E-state index contributed by atoms with van der Waals surface area (Å²) in [6.07, 6.45) is 2.15. The van der Waals surface area contributed by atoms with Crippen molar-refractivity contribution in [1.82, 2.24) is 14.9 Å². The van der Waals surface area contributed by atoms with Crippen molar-refractivity contribution in [3.8, 4) is 0 Å². The summed E-state index contributed by atoms with van der Waals surface area (Å²) in [6, 6.07) is 13.8. The van der Waals surface area contributed by atoms with E-state index >= 15 is 0 Å². The normalized spacial score (nSPS) is 14.8. The monoisotopic (exact) mass is 424 g/mol. The van der Waals surface area contributed by atoms with Crippen LogP contribution in [0.4, 0.5) is 5.82 Å². The Balaban J connectivity index is 1.35. The molecule has 0 aliphatic carbocycles. The molecule has 156 valence electrons. The second kappa shape index (κ2) is 9.41. The summed E-state index contributed by atoms with van der Waals surface area (Å²) in [5.74, 6) is 0.725. The third-order valence-electron chi connectivity index (χ3n) is 5.24. The minimum atomic E-state index is -0.179. The molecule has 6 nitrogen and oxygen atoms in total. The van der Waals surface area contributed by atoms with E-state index < -0.39 is 0 Å². The number of aromatic nitrogens is 2. The van der Waals surface area contributed by atoms with Gasteiger partial charge in [-0.15, -0.1) is 0 Å². The lowest BCUT2D eigenvalue weighted by Crippen LogP contribution is -2.46. The largest absolute Gasteiger partial charge is 0.466 e. The van der Waals surface area contributed by atoms with Crippen LogP contribution >= 0.6 is 11.6 Å². The molecule has 0 bridgehead atoms. The summed E-state index contributed by atoms with van der Waals surface area (Å²) in [5.41, 5.74) is 3.88. The van der Waals surface area contributed by atoms with Crippen molar-refractivity contribution in [3.05, 3.63) is 64.8 Å². The van der Waals surface area contributed by atoms with Gasteiger partial charge in [0.05, 0.1) is 30.3 Å². The van der Waals surface area contributed by atoms with Gasteiger partial charge < -0.3 is 9.64 Å². The maximum atomic E-state index is 11.7. The highest BCUT2D eigenvalue weighted by Crippen LogP contribution is 2.20. The second-order valence-electron chi connectivity index (χ2n) is 7.43. The van der Waals surface area contributed by atoms with Crippen molar-refractivity contribution in [2.45, 2.75) is 19.9 Å². The number of carbonyl (C=O) groups is 1. The number of carbonyl (C=O) groups excluding carboxylic acids is 1. The fraction of sp³-hybridized carbons (Fsp3) is 0.348. The molecule has 0 radical (unpaired) electrons. The van der Waals surface area contributed by atoms with E-state index in [1.54, 1.807) is 0 Å². The highest BCUT2D eigenvalue weighted by molar-refractivity contribution is 6.31. The molecule has 0 atom stereocenters. The molecule has 3 aromatic rings. The van der Waals surface area contributed by atoms with Crippen molar-refractivity contribution >= 4 is 34.4 Å². The number of ether oxygens (including phenoxy) is 1. The van der Waals surface area contributed by atoms with Crippen molar-refractivity contribution in [2.75, 3.05) is 37.7 Å². The lowest BCUT2D eigenvalue weighted by Gasteiger charge is -2.35. The number of hydrogen-bond donors (Lipinski definition) is 0. The lowest BCUT2D eigenvalue weighted by molar-refractivity contribution is -0.142. The summed E-state index contributed by atoms with van der Waals surface area (Å²) in [5, 5.41) is 0.671. The minimum absolute atomic E-state index is 0.179. The van der Waals surface area contributed by atoms with E-state index in [0.29, 0.717) is 18.1 Å². The molecular weight excluding hydrogens is 400 g/mol. The van der Waals surface area contributed by atoms with Crippen LogP contribution in [0.3, 0.4) is 0 Å². The first-order chi connectivity index (χ1) is 14.6. The molecule has 0 spiro atoms. The van der Waals surface area contributed by atoms with Crippen molar-refractivity contribution < 1.29 is 9.53 Å². The molecule has 2 aromatic carbocycles. The summed E-state index contributed by atoms with van der Waals surface area (Å²) in [7, 11) is 0. The Morgan fingerprint density at radius 1 is 1.07 bits per heavy atom. The Kier molecular flexibility index (Phi) is 6.45. The van der Waals surface area contributed by atoms with Gasteiger partial charge in [0.25, 0.3) is 0 Å². The first-order valence-electron chi connectivity index (χ1n) is 10.2. The van der Waals surface area contributed by atoms with E-state index in [-0.39, 0.29) is 5.97 Å². The van der Waals surface area contributed by atoms with Gasteiger partial charge in [-0.05, 0) is 36.2 Å². The molecule has 1 saturated heterocycles. The quantitative estimate of drug-likeness (QED) is 0.562. The third kappa shape index (κ3) is 5.07. The van der Waals surface area contributed by atoms with Gasteiger partial charge in [0.1, 0.15) is 5.82 Å². The first-order valence-corrected chi connectivity index (χ1v) is 10.6. The Bertz CT molecular complexity index is 1030. The molecule has 1 fully saturated rings. The number of nitrogens with zero attached hydrogens (tertiary/aromatic N) is 4. The van der Waals surface area contributed by atoms with Gasteiger partial charge in [-0.25, -0.2) is 4.98 Å². The number of hydrogen-bond acceptors (Lipinski definition) is 6. The molecule has 2 heterocycles. The van der Waals surface area contributed by atoms with Crippen LogP contribution < -0.4 is 4.90 Å². The van der Waals surface area contributed by atoms with Crippen LogP contribution in [0.25, 0.3) is 11.0 Å². The zero-order valence-electron chi connectivity index (χ0n) is 17.1. The van der Waals surface area contributed by atoms with Gasteiger partial charge in [0, 0.05) is 37.7 Å². The fourth-order valence-corrected chi connectivity index (χ4v) is 3.90. The summed E-state index contributed by atoms with van der Waals surface area (Å²) < 4.78 is 5.05. The lowest BCUT2D eigenvalue weighted by atomic mass is 10.1. The summed E-state index contributed by atoms with van der Waals surface area (Å²) in [6.45, 7) is 6.80. The average Bonchev–Trinajstić information content (AvgIpc) is 2.74. The standard InChI is InChI=1S/C23H25ClN4O2/c1-2-30-23(29)13-17-4-3-5-18(12-17)16-27-8-10-28(11-9-27)22-15-25-21-14-19(24)6-7-20(21)26-22/h3-7,12,14-15H,2,8-11,13,16H2,1H3. The van der Waals surface area contributed by atoms with Crippen LogP contribution in [-0.2, 0) is 22.5 Å². The molecule has 4 rings (SSSR count). The maximum absolute atomic E-state index is 11.7. The Morgan fingerprint density at radius 2 is 1.87 bits per heavy atom. The Morgan fingerprint density at radius 3 is 2.67 bits per heavy atom. The maximum Gasteiger partial charge on any atom is 0.310 e. The molecule has 0 saturated carbocycles. The van der Waals surface area contributed by atoms with E-state index in [1.807, 2.05) is 43.5 Å². The summed E-state index contributed by atoms with van der Waals surface area (Å²) >= 11 is 6.03. The third-order valence-corrected chi connectivity index (χ3v) is 5.47. The highest BCUT2D eigenvalue weighted by Gasteiger charge is 2.19. The number of halogens is 1. The van der Waals surface area contributed by atoms with Gasteiger partial charge in [0.2, 0.25) is 0 Å². The number of rotatable bonds is 6. The Labute approximate surface area is 181 Å². The molecule has 1 aliphatic rings. The molecular formula is C23H25ClN4O2. The van der Waals surface area contributed by atoms with Crippen LogP contribution in [0.1, 0.15) is 18.1 Å². The average molecular weight is 425 g/mol. The van der Waals surface area contributed by atoms with Gasteiger partial charge in [-0.3, -0.25) is 14.7 Å². The molecule has 0 unspecified atom stereocenters. The van der Waals surface area contributed by atoms with Crippen LogP contribution in [0, 0.1) is 0 Å². The zero-order chi connectivity index (χ0) is 20.9. The SMILES string of the molecule is CCOC(=O)Cc1cccc(CN2CCN(c3cnc4cc(Cl)ccc4n3)CC2)c1. The van der Waals surface area contributed by atoms with Crippen LogP contribution in [0.15, 0.2) is 48.7 Å². The predicted octanol–water partition coefficient (Wildman–Crippen LogP) is 3.71. The first kappa shape index (κ1) is 20.6. The zero-order valence-corrected chi connectivity index (χ0v) is 17.8. The Hall–Kier alpha value is -2.70. The number of esters is 1. The molecule has 0 amide bonds.